The smallest absolute Gasteiger partial charge is 0.311 e. The molecule has 0 aliphatic carbocycles. The molecule has 0 radical (unpaired) electrons. The average Bonchev–Trinajstić information content (AvgIpc) is 2.99. The number of carbonyl (C=O) groups is 1. The third-order valence-corrected chi connectivity index (χ3v) is 35.4. The normalized spacial score (nSPS) is 14.0. The highest BCUT2D eigenvalue weighted by Crippen LogP contribution is 2.40. The van der Waals surface area contributed by atoms with Gasteiger partial charge in [0.2, 0.25) is 0 Å². The maximum absolute atomic E-state index is 12.6. The molecule has 1 unspecified atom stereocenters. The van der Waals surface area contributed by atoms with Crippen molar-refractivity contribution in [3.63, 3.8) is 0 Å². The van der Waals surface area contributed by atoms with Crippen molar-refractivity contribution in [1.29, 1.82) is 0 Å². The molecule has 0 spiro atoms. The zero-order valence-electron chi connectivity index (χ0n) is 38.0. The first-order valence-electron chi connectivity index (χ1n) is 20.5. The van der Waals surface area contributed by atoms with Gasteiger partial charge in [-0.2, -0.15) is 0 Å². The summed E-state index contributed by atoms with van der Waals surface area (Å²) in [5.41, 5.74) is 1.10. The van der Waals surface area contributed by atoms with E-state index in [9.17, 15) is 14.9 Å². The van der Waals surface area contributed by atoms with Gasteiger partial charge >= 0.3 is 23.1 Å². The van der Waals surface area contributed by atoms with Crippen LogP contribution in [0.1, 0.15) is 91.7 Å². The summed E-state index contributed by atoms with van der Waals surface area (Å²) in [5.74, 6) is 0.324. The summed E-state index contributed by atoms with van der Waals surface area (Å²) in [6, 6.07) is 4.74. The Balaban J connectivity index is 3.21. The van der Waals surface area contributed by atoms with Crippen molar-refractivity contribution in [2.45, 2.75) is 188 Å². The molecule has 17 heteroatoms. The molecule has 0 aromatic heterocycles. The van der Waals surface area contributed by atoms with Crippen LogP contribution < -0.4 is 9.47 Å². The molecule has 0 aliphatic rings. The summed E-state index contributed by atoms with van der Waals surface area (Å²) >= 11 is 0. The molecule has 320 valence electrons. The number of nitrogens with zero attached hydrogens (tertiary/aromatic N) is 1. The van der Waals surface area contributed by atoms with E-state index >= 15 is 0 Å². The molecule has 11 nitrogen and oxygen atoms in total. The summed E-state index contributed by atoms with van der Waals surface area (Å²) in [5, 5.41) is 12.4. The van der Waals surface area contributed by atoms with Crippen molar-refractivity contribution in [3.8, 4) is 11.5 Å². The molecular weight excluding hydrogens is 799 g/mol. The highest BCUT2D eigenvalue weighted by molar-refractivity contribution is 6.89. The Kier molecular flexibility index (Phi) is 20.5. The number of rotatable bonds is 27. The van der Waals surface area contributed by atoms with Gasteiger partial charge in [-0.15, -0.1) is 0 Å². The number of carbonyl (C=O) groups excluding carboxylic acids is 1. The third kappa shape index (κ3) is 19.4. The van der Waals surface area contributed by atoms with Gasteiger partial charge in [-0.25, -0.2) is 0 Å². The zero-order chi connectivity index (χ0) is 42.6. The lowest BCUT2D eigenvalue weighted by molar-refractivity contribution is -0.386. The summed E-state index contributed by atoms with van der Waals surface area (Å²) in [6.45, 7) is 39.8. The Morgan fingerprint density at radius 1 is 0.655 bits per heavy atom. The van der Waals surface area contributed by atoms with Crippen LogP contribution in [0.2, 0.25) is 102 Å². The maximum atomic E-state index is 12.6. The minimum Gasteiger partial charge on any atom is -0.490 e. The van der Waals surface area contributed by atoms with Crippen LogP contribution in [0.5, 0.6) is 11.5 Å². The molecular formula is C38H79NO10Si6. The van der Waals surface area contributed by atoms with Crippen LogP contribution in [0.3, 0.4) is 0 Å². The van der Waals surface area contributed by atoms with Crippen LogP contribution in [0.4, 0.5) is 5.69 Å². The topological polar surface area (TPSA) is 125 Å². The van der Waals surface area contributed by atoms with Gasteiger partial charge in [0.15, 0.2) is 44.8 Å². The first-order valence-corrected chi connectivity index (χ1v) is 38.4. The number of unbranched alkanes of at least 4 members (excludes halogenated alkanes) is 2. The van der Waals surface area contributed by atoms with Crippen LogP contribution in [0.15, 0.2) is 12.1 Å². The molecule has 0 bridgehead atoms. The number of hydrogen-bond donors (Lipinski definition) is 0. The van der Waals surface area contributed by atoms with E-state index < -0.39 is 61.4 Å². The van der Waals surface area contributed by atoms with E-state index in [4.69, 9.17) is 30.7 Å². The minimum atomic E-state index is -2.35. The molecule has 0 aliphatic heterocycles. The molecule has 1 aromatic carbocycles. The number of hydrogen-bond acceptors (Lipinski definition) is 10. The van der Waals surface area contributed by atoms with Crippen molar-refractivity contribution >= 4 is 62.0 Å². The lowest BCUT2D eigenvalue weighted by Gasteiger charge is -2.40. The predicted molar refractivity (Wildman–Crippen MR) is 241 cm³/mol. The van der Waals surface area contributed by atoms with Crippen molar-refractivity contribution < 1.29 is 40.4 Å². The summed E-state index contributed by atoms with van der Waals surface area (Å²) in [6.07, 6.45) is 3.49. The van der Waals surface area contributed by atoms with Gasteiger partial charge in [-0.05, 0) is 134 Å². The Bertz CT molecular complexity index is 1370. The highest BCUT2D eigenvalue weighted by Gasteiger charge is 2.42. The molecule has 0 saturated heterocycles. The van der Waals surface area contributed by atoms with E-state index in [0.29, 0.717) is 48.6 Å². The molecule has 0 heterocycles. The molecule has 1 rings (SSSR count). The fourth-order valence-corrected chi connectivity index (χ4v) is 33.0. The lowest BCUT2D eigenvalue weighted by atomic mass is 10.1. The number of ether oxygens (including phenoxy) is 3. The summed E-state index contributed by atoms with van der Waals surface area (Å²) < 4.78 is 45.2. The zero-order valence-corrected chi connectivity index (χ0v) is 44.0. The van der Waals surface area contributed by atoms with Crippen LogP contribution in [0.25, 0.3) is 0 Å². The van der Waals surface area contributed by atoms with E-state index in [2.05, 4.69) is 113 Å². The monoisotopic (exact) mass is 877 g/mol. The molecule has 0 saturated carbocycles. The van der Waals surface area contributed by atoms with Gasteiger partial charge in [0.1, 0.15) is 6.10 Å². The lowest BCUT2D eigenvalue weighted by Crippen LogP contribution is -2.53. The average molecular weight is 879 g/mol. The number of nitro benzene ring substituents is 1. The second-order valence-electron chi connectivity index (χ2n) is 18.9. The van der Waals surface area contributed by atoms with Crippen molar-refractivity contribution in [2.75, 3.05) is 13.2 Å². The highest BCUT2D eigenvalue weighted by atomic mass is 28.5. The molecule has 0 N–H and O–H groups in total. The Labute approximate surface area is 341 Å². The van der Waals surface area contributed by atoms with Gasteiger partial charge in [0, 0.05) is 6.42 Å². The maximum Gasteiger partial charge on any atom is 0.311 e. The fourth-order valence-electron chi connectivity index (χ4n) is 6.45. The minimum absolute atomic E-state index is 0.168. The van der Waals surface area contributed by atoms with Gasteiger partial charge in [0.25, 0.3) is 5.69 Å². The van der Waals surface area contributed by atoms with Crippen LogP contribution in [0, 0.1) is 10.1 Å². The van der Waals surface area contributed by atoms with Crippen molar-refractivity contribution in [2.24, 2.45) is 0 Å². The third-order valence-electron chi connectivity index (χ3n) is 10.2. The van der Waals surface area contributed by atoms with Crippen molar-refractivity contribution in [3.05, 3.63) is 27.8 Å². The van der Waals surface area contributed by atoms with Crippen LogP contribution in [-0.2, 0) is 26.0 Å². The number of benzene rings is 1. The Hall–Kier alpha value is -1.17. The van der Waals surface area contributed by atoms with Crippen LogP contribution >= 0.6 is 0 Å². The summed E-state index contributed by atoms with van der Waals surface area (Å²) in [7, 11) is -12.6. The number of esters is 1. The van der Waals surface area contributed by atoms with E-state index in [0.717, 1.165) is 31.4 Å². The second kappa shape index (κ2) is 21.7. The van der Waals surface area contributed by atoms with Crippen molar-refractivity contribution in [1.82, 2.24) is 0 Å². The van der Waals surface area contributed by atoms with E-state index in [1.165, 1.54) is 6.07 Å². The molecule has 1 atom stereocenters. The van der Waals surface area contributed by atoms with Gasteiger partial charge in [0.05, 0.1) is 29.8 Å². The molecule has 55 heavy (non-hydrogen) atoms. The quantitative estimate of drug-likeness (QED) is 0.0277. The van der Waals surface area contributed by atoms with E-state index in [1.54, 1.807) is 13.0 Å². The number of nitro groups is 1. The Morgan fingerprint density at radius 3 is 1.45 bits per heavy atom. The Morgan fingerprint density at radius 2 is 1.07 bits per heavy atom. The second-order valence-corrected chi connectivity index (χ2v) is 44.5. The molecule has 0 fully saturated rings. The fraction of sp³-hybridized carbons (Fsp3) is 0.816. The van der Waals surface area contributed by atoms with Gasteiger partial charge in [-0.3, -0.25) is 14.9 Å². The van der Waals surface area contributed by atoms with E-state index in [1.807, 2.05) is 0 Å². The first kappa shape index (κ1) is 51.8. The first-order chi connectivity index (χ1) is 24.9. The largest absolute Gasteiger partial charge is 0.490 e. The van der Waals surface area contributed by atoms with E-state index in [-0.39, 0.29) is 23.6 Å². The molecule has 0 amide bonds. The summed E-state index contributed by atoms with van der Waals surface area (Å²) in [4.78, 5) is 24.5. The SMILES string of the molecule is CCCCCC(=O)OC(C)c1cc(OCCC[Si](C)(C)O[Si](C)(C)O[Si](C)(C)C(C)C)c(OCCC[Si](C)(C)O[Si](C)(C)O[Si](C)(C)C(C)C)cc1[N+](=O)[O-]. The van der Waals surface area contributed by atoms with Gasteiger partial charge in [-0.1, -0.05) is 47.5 Å². The predicted octanol–water partition coefficient (Wildman–Crippen LogP) is 12.4. The molecule has 1 aromatic rings. The van der Waals surface area contributed by atoms with Crippen LogP contribution in [-0.4, -0.2) is 74.5 Å². The van der Waals surface area contributed by atoms with Gasteiger partial charge < -0.3 is 30.7 Å². The standard InChI is InChI=1S/C38H79NO10Si6/c1-19-20-21-24-38(40)45-33(6)34-29-36(43-25-22-27-50(7,8)46-54(15,16)48-52(11,12)31(2)3)37(30-35(34)39(41)42)44-26-23-28-51(9,10)47-55(17,18)49-53(13,14)32(4)5/h29-33H,19-28H2,1-18H3.